The average Bonchev–Trinajstić information content (AvgIpc) is 2.28. The van der Waals surface area contributed by atoms with Crippen molar-refractivity contribution < 1.29 is 9.90 Å². The van der Waals surface area contributed by atoms with E-state index in [1.54, 1.807) is 0 Å². The summed E-state index contributed by atoms with van der Waals surface area (Å²) in [7, 11) is 0. The molecule has 1 aromatic carbocycles. The molecule has 0 bridgehead atoms. The van der Waals surface area contributed by atoms with Crippen molar-refractivity contribution in [2.45, 2.75) is 38.1 Å². The van der Waals surface area contributed by atoms with Crippen LogP contribution in [0, 0.1) is 0 Å². The van der Waals surface area contributed by atoms with Gasteiger partial charge in [-0.15, -0.1) is 0 Å². The van der Waals surface area contributed by atoms with Gasteiger partial charge in [0.2, 0.25) is 0 Å². The van der Waals surface area contributed by atoms with Crippen LogP contribution in [-0.2, 0) is 11.8 Å². The summed E-state index contributed by atoms with van der Waals surface area (Å²) in [5, 5.41) is 10.0. The molecular formula is C14H20BrNO2. The SMILES string of the molecule is CC(C)(C)N(CCc1ccc(CBr)cc1)C(=O)O. The maximum Gasteiger partial charge on any atom is 0.407 e. The van der Waals surface area contributed by atoms with Gasteiger partial charge in [-0.2, -0.15) is 0 Å². The van der Waals surface area contributed by atoms with Gasteiger partial charge in [0.1, 0.15) is 0 Å². The van der Waals surface area contributed by atoms with Crippen LogP contribution in [0.1, 0.15) is 31.9 Å². The number of nitrogens with zero attached hydrogens (tertiary/aromatic N) is 1. The molecule has 0 heterocycles. The zero-order chi connectivity index (χ0) is 13.8. The molecule has 18 heavy (non-hydrogen) atoms. The van der Waals surface area contributed by atoms with Gasteiger partial charge in [-0.3, -0.25) is 0 Å². The molecule has 1 amide bonds. The maximum atomic E-state index is 11.2. The standard InChI is InChI=1S/C14H20BrNO2/c1-14(2,3)16(13(17)18)9-8-11-4-6-12(10-15)7-5-11/h4-7H,8-10H2,1-3H3,(H,17,18). The lowest BCUT2D eigenvalue weighted by Crippen LogP contribution is -2.45. The Morgan fingerprint density at radius 2 is 1.72 bits per heavy atom. The topological polar surface area (TPSA) is 40.5 Å². The van der Waals surface area contributed by atoms with Crippen molar-refractivity contribution >= 4 is 22.0 Å². The lowest BCUT2D eigenvalue weighted by molar-refractivity contribution is 0.101. The van der Waals surface area contributed by atoms with E-state index in [9.17, 15) is 9.90 Å². The van der Waals surface area contributed by atoms with Crippen LogP contribution in [0.15, 0.2) is 24.3 Å². The largest absolute Gasteiger partial charge is 0.465 e. The molecule has 100 valence electrons. The molecule has 4 heteroatoms. The van der Waals surface area contributed by atoms with Crippen molar-refractivity contribution in [3.8, 4) is 0 Å². The van der Waals surface area contributed by atoms with Crippen molar-refractivity contribution in [2.24, 2.45) is 0 Å². The van der Waals surface area contributed by atoms with E-state index in [0.29, 0.717) is 6.54 Å². The van der Waals surface area contributed by atoms with Crippen molar-refractivity contribution in [2.75, 3.05) is 6.54 Å². The molecule has 0 aromatic heterocycles. The van der Waals surface area contributed by atoms with E-state index in [1.807, 2.05) is 20.8 Å². The summed E-state index contributed by atoms with van der Waals surface area (Å²) in [6.07, 6.45) is -0.119. The van der Waals surface area contributed by atoms with Crippen LogP contribution >= 0.6 is 15.9 Å². The molecule has 0 fully saturated rings. The van der Waals surface area contributed by atoms with Crippen LogP contribution in [0.25, 0.3) is 0 Å². The highest BCUT2D eigenvalue weighted by Crippen LogP contribution is 2.15. The minimum Gasteiger partial charge on any atom is -0.465 e. The number of alkyl halides is 1. The highest BCUT2D eigenvalue weighted by Gasteiger charge is 2.25. The Kier molecular flexibility index (Phi) is 5.20. The molecule has 0 spiro atoms. The van der Waals surface area contributed by atoms with Crippen LogP contribution in [0.2, 0.25) is 0 Å². The van der Waals surface area contributed by atoms with Crippen LogP contribution < -0.4 is 0 Å². The third kappa shape index (κ3) is 4.33. The maximum absolute atomic E-state index is 11.2. The summed E-state index contributed by atoms with van der Waals surface area (Å²) >= 11 is 3.40. The number of benzene rings is 1. The van der Waals surface area contributed by atoms with E-state index in [4.69, 9.17) is 0 Å². The summed E-state index contributed by atoms with van der Waals surface area (Å²) in [5.41, 5.74) is 2.03. The number of hydrogen-bond donors (Lipinski definition) is 1. The van der Waals surface area contributed by atoms with E-state index < -0.39 is 6.09 Å². The van der Waals surface area contributed by atoms with Gasteiger partial charge in [-0.05, 0) is 38.3 Å². The molecule has 0 saturated heterocycles. The number of carboxylic acid groups (broad SMARTS) is 1. The van der Waals surface area contributed by atoms with E-state index >= 15 is 0 Å². The summed E-state index contributed by atoms with van der Waals surface area (Å²) in [5.74, 6) is 0. The quantitative estimate of drug-likeness (QED) is 0.856. The number of amides is 1. The number of carbonyl (C=O) groups is 1. The fourth-order valence-corrected chi connectivity index (χ4v) is 2.13. The second-order valence-electron chi connectivity index (χ2n) is 5.31. The Morgan fingerprint density at radius 1 is 1.22 bits per heavy atom. The zero-order valence-electron chi connectivity index (χ0n) is 11.1. The van der Waals surface area contributed by atoms with Gasteiger partial charge >= 0.3 is 6.09 Å². The highest BCUT2D eigenvalue weighted by molar-refractivity contribution is 9.08. The third-order valence-corrected chi connectivity index (χ3v) is 3.49. The first-order valence-electron chi connectivity index (χ1n) is 5.99. The average molecular weight is 314 g/mol. The van der Waals surface area contributed by atoms with E-state index in [0.717, 1.165) is 17.3 Å². The Bertz CT molecular complexity index is 395. The van der Waals surface area contributed by atoms with E-state index in [2.05, 4.69) is 40.2 Å². The fraction of sp³-hybridized carbons (Fsp3) is 0.500. The van der Waals surface area contributed by atoms with E-state index in [-0.39, 0.29) is 5.54 Å². The Morgan fingerprint density at radius 3 is 2.11 bits per heavy atom. The van der Waals surface area contributed by atoms with Gasteiger partial charge in [-0.1, -0.05) is 40.2 Å². The lowest BCUT2D eigenvalue weighted by atomic mass is 10.0. The highest BCUT2D eigenvalue weighted by atomic mass is 79.9. The van der Waals surface area contributed by atoms with Crippen molar-refractivity contribution in [1.29, 1.82) is 0 Å². The van der Waals surface area contributed by atoms with Crippen molar-refractivity contribution in [3.05, 3.63) is 35.4 Å². The fourth-order valence-electron chi connectivity index (χ4n) is 1.75. The van der Waals surface area contributed by atoms with Gasteiger partial charge in [0.05, 0.1) is 0 Å². The summed E-state index contributed by atoms with van der Waals surface area (Å²) in [4.78, 5) is 12.7. The second-order valence-corrected chi connectivity index (χ2v) is 5.87. The van der Waals surface area contributed by atoms with E-state index in [1.165, 1.54) is 10.5 Å². The molecule has 1 rings (SSSR count). The summed E-state index contributed by atoms with van der Waals surface area (Å²) in [6.45, 7) is 6.26. The molecule has 1 N–H and O–H groups in total. The Labute approximate surface area is 117 Å². The molecule has 1 aromatic rings. The monoisotopic (exact) mass is 313 g/mol. The predicted molar refractivity (Wildman–Crippen MR) is 77.3 cm³/mol. The van der Waals surface area contributed by atoms with Gasteiger partial charge in [0.25, 0.3) is 0 Å². The summed E-state index contributed by atoms with van der Waals surface area (Å²) in [6, 6.07) is 8.23. The molecule has 0 aliphatic heterocycles. The van der Waals surface area contributed by atoms with Gasteiger partial charge in [-0.25, -0.2) is 4.79 Å². The van der Waals surface area contributed by atoms with Crippen molar-refractivity contribution in [3.63, 3.8) is 0 Å². The molecule has 0 saturated carbocycles. The molecule has 0 aliphatic rings. The number of halogens is 1. The molecular weight excluding hydrogens is 294 g/mol. The third-order valence-electron chi connectivity index (χ3n) is 2.84. The van der Waals surface area contributed by atoms with Crippen LogP contribution in [0.4, 0.5) is 4.79 Å². The normalized spacial score (nSPS) is 11.3. The zero-order valence-corrected chi connectivity index (χ0v) is 12.7. The van der Waals surface area contributed by atoms with Gasteiger partial charge < -0.3 is 10.0 Å². The molecule has 3 nitrogen and oxygen atoms in total. The first kappa shape index (κ1) is 15.0. The van der Waals surface area contributed by atoms with Gasteiger partial charge in [0.15, 0.2) is 0 Å². The Balaban J connectivity index is 2.64. The minimum atomic E-state index is -0.862. The lowest BCUT2D eigenvalue weighted by Gasteiger charge is -2.33. The number of hydrogen-bond acceptors (Lipinski definition) is 1. The molecule has 0 unspecified atom stereocenters. The predicted octanol–water partition coefficient (Wildman–Crippen LogP) is 3.90. The first-order valence-corrected chi connectivity index (χ1v) is 7.11. The molecule has 0 aliphatic carbocycles. The van der Waals surface area contributed by atoms with Crippen molar-refractivity contribution in [1.82, 2.24) is 4.90 Å². The van der Waals surface area contributed by atoms with Crippen LogP contribution in [0.3, 0.4) is 0 Å². The second kappa shape index (κ2) is 6.23. The minimum absolute atomic E-state index is 0.359. The number of rotatable bonds is 4. The Hall–Kier alpha value is -1.03. The molecule has 0 radical (unpaired) electrons. The molecule has 0 atom stereocenters. The first-order chi connectivity index (χ1) is 8.34. The smallest absolute Gasteiger partial charge is 0.407 e. The van der Waals surface area contributed by atoms with Crippen LogP contribution in [0.5, 0.6) is 0 Å². The van der Waals surface area contributed by atoms with Gasteiger partial charge in [0, 0.05) is 17.4 Å². The summed E-state index contributed by atoms with van der Waals surface area (Å²) < 4.78 is 0. The van der Waals surface area contributed by atoms with Crippen LogP contribution in [-0.4, -0.2) is 28.2 Å².